The van der Waals surface area contributed by atoms with E-state index in [1.807, 2.05) is 0 Å². The van der Waals surface area contributed by atoms with Crippen molar-refractivity contribution in [2.45, 2.75) is 6.92 Å². The highest BCUT2D eigenvalue weighted by atomic mass is 15.0. The minimum atomic E-state index is 1.19. The molecule has 30 heavy (non-hydrogen) atoms. The zero-order valence-corrected chi connectivity index (χ0v) is 16.8. The van der Waals surface area contributed by atoms with Crippen molar-refractivity contribution < 1.29 is 0 Å². The summed E-state index contributed by atoms with van der Waals surface area (Å²) in [6.07, 6.45) is 0. The van der Waals surface area contributed by atoms with E-state index in [-0.39, 0.29) is 0 Å². The molecule has 0 atom stereocenters. The molecule has 0 aliphatic rings. The van der Waals surface area contributed by atoms with Crippen LogP contribution in [0.5, 0.6) is 0 Å². The van der Waals surface area contributed by atoms with Gasteiger partial charge in [0.15, 0.2) is 0 Å². The number of para-hydroxylation sites is 2. The lowest BCUT2D eigenvalue weighted by molar-refractivity contribution is 1.18. The summed E-state index contributed by atoms with van der Waals surface area (Å²) in [6, 6.07) is 39.4. The van der Waals surface area contributed by atoms with Crippen molar-refractivity contribution in [3.05, 3.63) is 115 Å². The minimum Gasteiger partial charge on any atom is -0.309 e. The van der Waals surface area contributed by atoms with Crippen LogP contribution in [0.3, 0.4) is 0 Å². The van der Waals surface area contributed by atoms with E-state index in [4.69, 9.17) is 0 Å². The van der Waals surface area contributed by atoms with Crippen LogP contribution < -0.4 is 0 Å². The van der Waals surface area contributed by atoms with Crippen molar-refractivity contribution >= 4 is 32.6 Å². The summed E-state index contributed by atoms with van der Waals surface area (Å²) in [5.74, 6) is 0. The zero-order chi connectivity index (χ0) is 20.1. The summed E-state index contributed by atoms with van der Waals surface area (Å²) >= 11 is 0. The second-order valence-corrected chi connectivity index (χ2v) is 7.92. The molecule has 5 aromatic carbocycles. The third-order valence-corrected chi connectivity index (χ3v) is 6.01. The quantitative estimate of drug-likeness (QED) is 0.286. The van der Waals surface area contributed by atoms with Gasteiger partial charge in [-0.3, -0.25) is 0 Å². The average molecular weight is 383 g/mol. The Morgan fingerprint density at radius 1 is 0.533 bits per heavy atom. The SMILES string of the molecule is Cc1cc(-c2cccc3c2c2ccccc2n3-c2ccccc2)c2ccccc2c1. The van der Waals surface area contributed by atoms with Gasteiger partial charge in [0.05, 0.1) is 11.0 Å². The smallest absolute Gasteiger partial charge is 0.0547 e. The summed E-state index contributed by atoms with van der Waals surface area (Å²) in [4.78, 5) is 0. The van der Waals surface area contributed by atoms with Gasteiger partial charge in [-0.05, 0) is 58.7 Å². The lowest BCUT2D eigenvalue weighted by atomic mass is 9.93. The maximum atomic E-state index is 2.38. The summed E-state index contributed by atoms with van der Waals surface area (Å²) < 4.78 is 2.38. The van der Waals surface area contributed by atoms with Crippen LogP contribution in [0.4, 0.5) is 0 Å². The van der Waals surface area contributed by atoms with Crippen LogP contribution in [0.25, 0.3) is 49.4 Å². The fraction of sp³-hybridized carbons (Fsp3) is 0.0345. The molecule has 0 fully saturated rings. The number of rotatable bonds is 2. The van der Waals surface area contributed by atoms with Crippen LogP contribution in [-0.2, 0) is 0 Å². The lowest BCUT2D eigenvalue weighted by Gasteiger charge is -2.11. The highest BCUT2D eigenvalue weighted by Crippen LogP contribution is 2.40. The molecule has 142 valence electrons. The van der Waals surface area contributed by atoms with E-state index < -0.39 is 0 Å². The minimum absolute atomic E-state index is 1.19. The summed E-state index contributed by atoms with van der Waals surface area (Å²) in [5, 5.41) is 5.19. The molecule has 1 heterocycles. The molecule has 0 bridgehead atoms. The summed E-state index contributed by atoms with van der Waals surface area (Å²) in [6.45, 7) is 2.18. The molecular formula is C29H21N. The summed E-state index contributed by atoms with van der Waals surface area (Å²) in [7, 11) is 0. The number of hydrogen-bond donors (Lipinski definition) is 0. The van der Waals surface area contributed by atoms with Gasteiger partial charge in [0.25, 0.3) is 0 Å². The predicted octanol–water partition coefficient (Wildman–Crippen LogP) is 7.91. The number of hydrogen-bond acceptors (Lipinski definition) is 0. The van der Waals surface area contributed by atoms with E-state index in [2.05, 4.69) is 121 Å². The molecule has 0 unspecified atom stereocenters. The van der Waals surface area contributed by atoms with E-state index in [9.17, 15) is 0 Å². The Hall–Kier alpha value is -3.84. The molecule has 6 aromatic rings. The van der Waals surface area contributed by atoms with Crippen LogP contribution in [0.1, 0.15) is 5.56 Å². The Bertz CT molecular complexity index is 1540. The second-order valence-electron chi connectivity index (χ2n) is 7.92. The molecule has 0 radical (unpaired) electrons. The van der Waals surface area contributed by atoms with Crippen LogP contribution in [0.15, 0.2) is 109 Å². The van der Waals surface area contributed by atoms with Crippen molar-refractivity contribution in [2.24, 2.45) is 0 Å². The van der Waals surface area contributed by atoms with E-state index in [1.165, 1.54) is 55.0 Å². The first kappa shape index (κ1) is 17.1. The largest absolute Gasteiger partial charge is 0.309 e. The molecule has 0 N–H and O–H groups in total. The van der Waals surface area contributed by atoms with Gasteiger partial charge >= 0.3 is 0 Å². The third kappa shape index (κ3) is 2.49. The van der Waals surface area contributed by atoms with Crippen molar-refractivity contribution in [3.8, 4) is 16.8 Å². The standard InChI is InChI=1S/C29H21N/c1-20-18-21-10-5-6-13-23(21)26(19-20)24-15-9-17-28-29(24)25-14-7-8-16-27(25)30(28)22-11-3-2-4-12-22/h2-19H,1H3. The molecule has 0 amide bonds. The normalized spacial score (nSPS) is 11.5. The average Bonchev–Trinajstić information content (AvgIpc) is 3.13. The Morgan fingerprint density at radius 3 is 2.10 bits per heavy atom. The van der Waals surface area contributed by atoms with Crippen molar-refractivity contribution in [3.63, 3.8) is 0 Å². The number of aromatic nitrogens is 1. The maximum Gasteiger partial charge on any atom is 0.0547 e. The molecule has 1 aromatic heterocycles. The molecular weight excluding hydrogens is 362 g/mol. The van der Waals surface area contributed by atoms with Gasteiger partial charge < -0.3 is 4.57 Å². The molecule has 6 rings (SSSR count). The Labute approximate surface area is 175 Å². The van der Waals surface area contributed by atoms with Crippen molar-refractivity contribution in [1.29, 1.82) is 0 Å². The van der Waals surface area contributed by atoms with Gasteiger partial charge in [0.2, 0.25) is 0 Å². The van der Waals surface area contributed by atoms with Crippen LogP contribution in [0.2, 0.25) is 0 Å². The van der Waals surface area contributed by atoms with E-state index in [0.717, 1.165) is 0 Å². The van der Waals surface area contributed by atoms with Gasteiger partial charge in [0, 0.05) is 16.5 Å². The third-order valence-electron chi connectivity index (χ3n) is 6.01. The van der Waals surface area contributed by atoms with E-state index in [0.29, 0.717) is 0 Å². The van der Waals surface area contributed by atoms with Gasteiger partial charge in [-0.1, -0.05) is 84.9 Å². The van der Waals surface area contributed by atoms with Gasteiger partial charge in [-0.15, -0.1) is 0 Å². The fourth-order valence-electron chi connectivity index (χ4n) is 4.78. The van der Waals surface area contributed by atoms with Crippen LogP contribution >= 0.6 is 0 Å². The number of nitrogens with zero attached hydrogens (tertiary/aromatic N) is 1. The fourth-order valence-corrected chi connectivity index (χ4v) is 4.78. The topological polar surface area (TPSA) is 4.93 Å². The molecule has 0 spiro atoms. The van der Waals surface area contributed by atoms with Crippen molar-refractivity contribution in [2.75, 3.05) is 0 Å². The predicted molar refractivity (Wildman–Crippen MR) is 128 cm³/mol. The number of aryl methyl sites for hydroxylation is 1. The molecule has 0 aliphatic carbocycles. The van der Waals surface area contributed by atoms with E-state index >= 15 is 0 Å². The van der Waals surface area contributed by atoms with Gasteiger partial charge in [-0.25, -0.2) is 0 Å². The Kier molecular flexibility index (Phi) is 3.75. The monoisotopic (exact) mass is 383 g/mol. The van der Waals surface area contributed by atoms with Crippen molar-refractivity contribution in [1.82, 2.24) is 4.57 Å². The molecule has 0 aliphatic heterocycles. The molecule has 1 nitrogen and oxygen atoms in total. The lowest BCUT2D eigenvalue weighted by Crippen LogP contribution is -1.93. The van der Waals surface area contributed by atoms with Crippen LogP contribution in [0, 0.1) is 6.92 Å². The molecule has 1 heteroatoms. The Morgan fingerprint density at radius 2 is 1.23 bits per heavy atom. The molecule has 0 saturated heterocycles. The van der Waals surface area contributed by atoms with E-state index in [1.54, 1.807) is 0 Å². The van der Waals surface area contributed by atoms with Crippen LogP contribution in [-0.4, -0.2) is 4.57 Å². The highest BCUT2D eigenvalue weighted by Gasteiger charge is 2.16. The first-order valence-corrected chi connectivity index (χ1v) is 10.4. The summed E-state index contributed by atoms with van der Waals surface area (Å²) in [5.41, 5.74) is 7.54. The maximum absolute atomic E-state index is 2.38. The highest BCUT2D eigenvalue weighted by molar-refractivity contribution is 6.18. The van der Waals surface area contributed by atoms with Gasteiger partial charge in [0.1, 0.15) is 0 Å². The first-order valence-electron chi connectivity index (χ1n) is 10.4. The first-order chi connectivity index (χ1) is 14.8. The van der Waals surface area contributed by atoms with Gasteiger partial charge in [-0.2, -0.15) is 0 Å². The number of fused-ring (bicyclic) bond motifs is 4. The zero-order valence-electron chi connectivity index (χ0n) is 16.8. The molecule has 0 saturated carbocycles. The Balaban J connectivity index is 1.80. The number of benzene rings is 5. The second kappa shape index (κ2) is 6.60.